The number of esters is 2. The van der Waals surface area contributed by atoms with Gasteiger partial charge in [0.05, 0.1) is 20.1 Å². The van der Waals surface area contributed by atoms with E-state index in [1.807, 2.05) is 30.3 Å². The van der Waals surface area contributed by atoms with Gasteiger partial charge in [-0.2, -0.15) is 0 Å². The molecule has 0 radical (unpaired) electrons. The summed E-state index contributed by atoms with van der Waals surface area (Å²) in [5.41, 5.74) is -0.670. The van der Waals surface area contributed by atoms with E-state index in [2.05, 4.69) is 16.1 Å². The number of methoxy groups -OCH3 is 2. The molecule has 0 N–H and O–H groups in total. The first kappa shape index (κ1) is 18.4. The topological polar surface area (TPSA) is 52.6 Å². The lowest BCUT2D eigenvalue weighted by Gasteiger charge is -2.27. The van der Waals surface area contributed by atoms with Gasteiger partial charge in [-0.1, -0.05) is 60.7 Å². The Morgan fingerprint density at radius 1 is 0.960 bits per heavy atom. The lowest BCUT2D eigenvalue weighted by molar-refractivity contribution is -0.172. The van der Waals surface area contributed by atoms with Gasteiger partial charge in [-0.3, -0.25) is 0 Å². The molecule has 0 aliphatic heterocycles. The zero-order valence-electron chi connectivity index (χ0n) is 14.1. The van der Waals surface area contributed by atoms with Crippen molar-refractivity contribution in [3.63, 3.8) is 0 Å². The van der Waals surface area contributed by atoms with Crippen LogP contribution in [0.3, 0.4) is 0 Å². The zero-order chi connectivity index (χ0) is 18.4. The van der Waals surface area contributed by atoms with Gasteiger partial charge in [-0.15, -0.1) is 6.58 Å². The second-order valence-electron chi connectivity index (χ2n) is 5.40. The smallest absolute Gasteiger partial charge is 0.356 e. The van der Waals surface area contributed by atoms with Crippen LogP contribution >= 0.6 is 0 Å². The molecule has 130 valence electrons. The molecular weight excluding hydrogens is 323 g/mol. The fourth-order valence-corrected chi connectivity index (χ4v) is 2.68. The van der Waals surface area contributed by atoms with E-state index >= 15 is 4.39 Å². The summed E-state index contributed by atoms with van der Waals surface area (Å²) >= 11 is 0. The van der Waals surface area contributed by atoms with Crippen LogP contribution in [0.2, 0.25) is 0 Å². The average molecular weight is 342 g/mol. The summed E-state index contributed by atoms with van der Waals surface area (Å²) in [7, 11) is 2.02. The van der Waals surface area contributed by atoms with E-state index in [1.165, 1.54) is 6.08 Å². The molecule has 0 fully saturated rings. The molecule has 0 spiro atoms. The Hall–Kier alpha value is -2.95. The maximum absolute atomic E-state index is 15.3. The summed E-state index contributed by atoms with van der Waals surface area (Å²) in [6, 6.07) is 16.5. The van der Waals surface area contributed by atoms with Gasteiger partial charge in [-0.05, 0) is 16.7 Å². The molecule has 0 aliphatic carbocycles. The minimum absolute atomic E-state index is 0.410. The quantitative estimate of drug-likeness (QED) is 0.456. The molecule has 0 bridgehead atoms. The second-order valence-corrected chi connectivity index (χ2v) is 5.40. The number of carbonyl (C=O) groups excluding carboxylic acids is 2. The molecule has 0 saturated carbocycles. The van der Waals surface area contributed by atoms with Gasteiger partial charge in [0.15, 0.2) is 0 Å². The van der Waals surface area contributed by atoms with Crippen molar-refractivity contribution >= 4 is 11.9 Å². The van der Waals surface area contributed by atoms with Crippen molar-refractivity contribution in [3.8, 4) is 11.1 Å². The van der Waals surface area contributed by atoms with Crippen LogP contribution in [0.5, 0.6) is 0 Å². The van der Waals surface area contributed by atoms with Gasteiger partial charge < -0.3 is 9.47 Å². The monoisotopic (exact) mass is 342 g/mol. The van der Waals surface area contributed by atoms with Crippen LogP contribution in [0.1, 0.15) is 11.5 Å². The maximum Gasteiger partial charge on any atom is 0.356 e. The number of ether oxygens (including phenoxy) is 2. The van der Waals surface area contributed by atoms with Crippen LogP contribution in [-0.2, 0) is 19.1 Å². The van der Waals surface area contributed by atoms with Crippen molar-refractivity contribution in [1.82, 2.24) is 0 Å². The zero-order valence-corrected chi connectivity index (χ0v) is 14.1. The summed E-state index contributed by atoms with van der Waals surface area (Å²) in [4.78, 5) is 23.9. The minimum Gasteiger partial charge on any atom is -0.466 e. The lowest BCUT2D eigenvalue weighted by Crippen LogP contribution is -2.48. The summed E-state index contributed by atoms with van der Waals surface area (Å²) in [5, 5.41) is 0. The van der Waals surface area contributed by atoms with Crippen molar-refractivity contribution in [2.45, 2.75) is 11.6 Å². The molecule has 0 saturated heterocycles. The summed E-state index contributed by atoms with van der Waals surface area (Å²) in [6.07, 6.45) is 1.20. The molecule has 2 rings (SSSR count). The number of halogens is 1. The Balaban J connectivity index is 2.44. The summed E-state index contributed by atoms with van der Waals surface area (Å²) in [5.74, 6) is -3.88. The minimum atomic E-state index is -3.00. The fraction of sp³-hybridized carbons (Fsp3) is 0.200. The van der Waals surface area contributed by atoms with Gasteiger partial charge in [-0.25, -0.2) is 14.0 Å². The highest BCUT2D eigenvalue weighted by atomic mass is 19.1. The lowest BCUT2D eigenvalue weighted by atomic mass is 9.82. The third kappa shape index (κ3) is 3.45. The predicted molar refractivity (Wildman–Crippen MR) is 92.7 cm³/mol. The van der Waals surface area contributed by atoms with Crippen molar-refractivity contribution in [3.05, 3.63) is 72.8 Å². The van der Waals surface area contributed by atoms with Gasteiger partial charge in [0.2, 0.25) is 0 Å². The third-order valence-electron chi connectivity index (χ3n) is 4.01. The molecule has 0 aromatic heterocycles. The van der Waals surface area contributed by atoms with Gasteiger partial charge in [0.1, 0.15) is 0 Å². The highest BCUT2D eigenvalue weighted by molar-refractivity contribution is 6.05. The van der Waals surface area contributed by atoms with Crippen molar-refractivity contribution < 1.29 is 23.5 Å². The Morgan fingerprint density at radius 3 is 1.88 bits per heavy atom. The Kier molecular flexibility index (Phi) is 5.70. The van der Waals surface area contributed by atoms with Crippen LogP contribution < -0.4 is 0 Å². The van der Waals surface area contributed by atoms with E-state index in [9.17, 15) is 9.59 Å². The van der Waals surface area contributed by atoms with E-state index in [4.69, 9.17) is 0 Å². The normalized spacial score (nSPS) is 12.1. The average Bonchev–Trinajstić information content (AvgIpc) is 2.68. The van der Waals surface area contributed by atoms with E-state index in [-0.39, 0.29) is 0 Å². The molecule has 2 aromatic carbocycles. The van der Waals surface area contributed by atoms with Crippen molar-refractivity contribution in [1.29, 1.82) is 0 Å². The first-order valence-corrected chi connectivity index (χ1v) is 7.62. The molecule has 0 unspecified atom stereocenters. The molecular formula is C20H19FO4. The van der Waals surface area contributed by atoms with E-state index < -0.39 is 23.5 Å². The third-order valence-corrected chi connectivity index (χ3v) is 4.01. The van der Waals surface area contributed by atoms with Crippen LogP contribution in [-0.4, -0.2) is 31.8 Å². The molecule has 5 heteroatoms. The highest BCUT2D eigenvalue weighted by Crippen LogP contribution is 2.36. The molecule has 0 amide bonds. The number of alkyl halides is 1. The van der Waals surface area contributed by atoms with Crippen LogP contribution in [0.15, 0.2) is 67.3 Å². The van der Waals surface area contributed by atoms with Gasteiger partial charge in [0, 0.05) is 0 Å². The molecule has 2 aromatic rings. The Bertz CT molecular complexity index is 737. The second kappa shape index (κ2) is 7.75. The predicted octanol–water partition coefficient (Wildman–Crippen LogP) is 3.68. The molecule has 0 heterocycles. The molecule has 1 atom stereocenters. The number of carbonyl (C=O) groups is 2. The first-order chi connectivity index (χ1) is 12.0. The van der Waals surface area contributed by atoms with Gasteiger partial charge >= 0.3 is 17.6 Å². The summed E-state index contributed by atoms with van der Waals surface area (Å²) < 4.78 is 24.3. The first-order valence-electron chi connectivity index (χ1n) is 7.62. The Labute approximate surface area is 145 Å². The van der Waals surface area contributed by atoms with E-state index in [1.54, 1.807) is 24.3 Å². The largest absolute Gasteiger partial charge is 0.466 e. The highest BCUT2D eigenvalue weighted by Gasteiger charge is 2.55. The number of hydrogen-bond acceptors (Lipinski definition) is 4. The maximum atomic E-state index is 15.3. The standard InChI is InChI=1S/C20H19FO4/c1-4-17(20(21,18(22)24-2)19(23)25-3)16-12-10-15(11-13-16)14-8-6-5-7-9-14/h4-13,17H,1H2,2-3H3/t17-/m0/s1. The fourth-order valence-electron chi connectivity index (χ4n) is 2.68. The molecule has 25 heavy (non-hydrogen) atoms. The number of hydrogen-bond donors (Lipinski definition) is 0. The van der Waals surface area contributed by atoms with Crippen LogP contribution in [0.4, 0.5) is 4.39 Å². The van der Waals surface area contributed by atoms with Crippen LogP contribution in [0, 0.1) is 0 Å². The molecule has 4 nitrogen and oxygen atoms in total. The Morgan fingerprint density at radius 2 is 1.44 bits per heavy atom. The van der Waals surface area contributed by atoms with Crippen molar-refractivity contribution in [2.24, 2.45) is 0 Å². The number of benzene rings is 2. The van der Waals surface area contributed by atoms with Gasteiger partial charge in [0.25, 0.3) is 0 Å². The van der Waals surface area contributed by atoms with Crippen molar-refractivity contribution in [2.75, 3.05) is 14.2 Å². The van der Waals surface area contributed by atoms with E-state index in [0.29, 0.717) is 5.56 Å². The van der Waals surface area contributed by atoms with Crippen LogP contribution in [0.25, 0.3) is 11.1 Å². The number of rotatable bonds is 6. The SMILES string of the molecule is C=C[C@@H](c1ccc(-c2ccccc2)cc1)C(F)(C(=O)OC)C(=O)OC. The molecule has 0 aliphatic rings. The van der Waals surface area contributed by atoms with E-state index in [0.717, 1.165) is 25.3 Å². The number of allylic oxidation sites excluding steroid dienone is 1. The summed E-state index contributed by atoms with van der Waals surface area (Å²) in [6.45, 7) is 3.56.